The fourth-order valence-corrected chi connectivity index (χ4v) is 5.11. The van der Waals surface area contributed by atoms with Crippen molar-refractivity contribution in [3.05, 3.63) is 44.2 Å². The topological polar surface area (TPSA) is 46.2 Å². The molecule has 0 amide bonds. The van der Waals surface area contributed by atoms with Crippen LogP contribution in [0.1, 0.15) is 0 Å². The van der Waals surface area contributed by atoms with Crippen LogP contribution in [-0.4, -0.2) is 8.42 Å². The number of nitrogens with one attached hydrogen (secondary N) is 1. The maximum absolute atomic E-state index is 13.6. The number of rotatable bonds is 3. The Morgan fingerprint density at radius 2 is 1.74 bits per heavy atom. The van der Waals surface area contributed by atoms with Crippen molar-refractivity contribution in [2.75, 3.05) is 4.72 Å². The minimum Gasteiger partial charge on any atom is -0.273 e. The lowest BCUT2D eigenvalue weighted by Crippen LogP contribution is -2.14. The maximum atomic E-state index is 13.6. The maximum Gasteiger partial charge on any atom is 0.272 e. The zero-order chi connectivity index (χ0) is 14.2. The molecular formula is C10H5Br2F2NO2S2. The summed E-state index contributed by atoms with van der Waals surface area (Å²) in [5.41, 5.74) is -0.705. The number of hydrogen-bond acceptors (Lipinski definition) is 3. The molecular weight excluding hydrogens is 428 g/mol. The number of thiophene rings is 1. The molecule has 102 valence electrons. The summed E-state index contributed by atoms with van der Waals surface area (Å²) in [6.07, 6.45) is 0. The van der Waals surface area contributed by atoms with Crippen LogP contribution in [0.5, 0.6) is 0 Å². The average molecular weight is 433 g/mol. The van der Waals surface area contributed by atoms with E-state index < -0.39 is 27.3 Å². The first-order valence-corrected chi connectivity index (χ1v) is 8.66. The zero-order valence-corrected chi connectivity index (χ0v) is 13.8. The van der Waals surface area contributed by atoms with Gasteiger partial charge >= 0.3 is 0 Å². The van der Waals surface area contributed by atoms with Crippen LogP contribution in [0.3, 0.4) is 0 Å². The first-order chi connectivity index (χ1) is 8.81. The minimum atomic E-state index is -4.03. The van der Waals surface area contributed by atoms with Crippen molar-refractivity contribution < 1.29 is 17.2 Å². The molecule has 3 nitrogen and oxygen atoms in total. The quantitative estimate of drug-likeness (QED) is 0.783. The number of sulfonamides is 1. The van der Waals surface area contributed by atoms with E-state index >= 15 is 0 Å². The predicted molar refractivity (Wildman–Crippen MR) is 76.9 cm³/mol. The van der Waals surface area contributed by atoms with Crippen molar-refractivity contribution in [1.29, 1.82) is 0 Å². The molecule has 0 atom stereocenters. The Bertz CT molecular complexity index is 708. The van der Waals surface area contributed by atoms with Gasteiger partial charge in [0.1, 0.15) is 5.69 Å². The van der Waals surface area contributed by atoms with Gasteiger partial charge in [0.2, 0.25) is 0 Å². The molecule has 0 bridgehead atoms. The first kappa shape index (κ1) is 14.9. The molecule has 0 aliphatic heterocycles. The highest BCUT2D eigenvalue weighted by atomic mass is 79.9. The third-order valence-electron chi connectivity index (χ3n) is 2.07. The Morgan fingerprint density at radius 3 is 2.21 bits per heavy atom. The highest BCUT2D eigenvalue weighted by molar-refractivity contribution is 9.10. The summed E-state index contributed by atoms with van der Waals surface area (Å²) >= 11 is 6.91. The van der Waals surface area contributed by atoms with Crippen molar-refractivity contribution in [3.63, 3.8) is 0 Å². The normalized spacial score (nSPS) is 11.6. The molecule has 0 unspecified atom stereocenters. The van der Waals surface area contributed by atoms with E-state index in [0.29, 0.717) is 4.47 Å². The van der Waals surface area contributed by atoms with Gasteiger partial charge in [-0.1, -0.05) is 15.9 Å². The lowest BCUT2D eigenvalue weighted by Gasteiger charge is -2.09. The standard InChI is InChI=1S/C10H5Br2F2NO2S2/c11-5-3-7(13)9(8(14)4-5)15-19(16,17)10-6(12)1-2-18-10/h1-4,15H. The molecule has 2 rings (SSSR count). The first-order valence-electron chi connectivity index (χ1n) is 4.71. The molecule has 0 fully saturated rings. The number of halogens is 4. The molecule has 0 saturated heterocycles. The van der Waals surface area contributed by atoms with E-state index in [4.69, 9.17) is 0 Å². The van der Waals surface area contributed by atoms with Gasteiger partial charge in [0.15, 0.2) is 15.8 Å². The second-order valence-electron chi connectivity index (χ2n) is 3.41. The summed E-state index contributed by atoms with van der Waals surface area (Å²) in [5.74, 6) is -1.99. The van der Waals surface area contributed by atoms with Gasteiger partial charge in [-0.2, -0.15) is 0 Å². The molecule has 0 saturated carbocycles. The van der Waals surface area contributed by atoms with Crippen LogP contribution in [0.2, 0.25) is 0 Å². The van der Waals surface area contributed by atoms with Crippen molar-refractivity contribution in [3.8, 4) is 0 Å². The Labute approximate surface area is 129 Å². The lowest BCUT2D eigenvalue weighted by molar-refractivity contribution is 0.582. The highest BCUT2D eigenvalue weighted by Gasteiger charge is 2.23. The van der Waals surface area contributed by atoms with Crippen molar-refractivity contribution in [2.45, 2.75) is 4.21 Å². The third-order valence-corrected chi connectivity index (χ3v) is 6.55. The van der Waals surface area contributed by atoms with E-state index in [1.54, 1.807) is 5.38 Å². The Kier molecular flexibility index (Phi) is 4.29. The zero-order valence-electron chi connectivity index (χ0n) is 8.95. The Balaban J connectivity index is 2.45. The van der Waals surface area contributed by atoms with Crippen LogP contribution < -0.4 is 4.72 Å². The van der Waals surface area contributed by atoms with E-state index in [0.717, 1.165) is 23.5 Å². The van der Waals surface area contributed by atoms with E-state index in [1.165, 1.54) is 6.07 Å². The molecule has 1 N–H and O–H groups in total. The van der Waals surface area contributed by atoms with Crippen molar-refractivity contribution >= 4 is 58.9 Å². The smallest absolute Gasteiger partial charge is 0.272 e. The van der Waals surface area contributed by atoms with Gasteiger partial charge in [0.05, 0.1) is 0 Å². The molecule has 19 heavy (non-hydrogen) atoms. The molecule has 9 heteroatoms. The monoisotopic (exact) mass is 431 g/mol. The van der Waals surface area contributed by atoms with Crippen molar-refractivity contribution in [2.24, 2.45) is 0 Å². The molecule has 0 aliphatic carbocycles. The Morgan fingerprint density at radius 1 is 1.16 bits per heavy atom. The van der Waals surface area contributed by atoms with Gasteiger partial charge in [-0.05, 0) is 39.5 Å². The molecule has 1 aromatic carbocycles. The number of anilines is 1. The van der Waals surface area contributed by atoms with Gasteiger partial charge in [-0.3, -0.25) is 4.72 Å². The minimum absolute atomic E-state index is 0.0470. The van der Waals surface area contributed by atoms with Gasteiger partial charge < -0.3 is 0 Å². The largest absolute Gasteiger partial charge is 0.273 e. The molecule has 0 radical (unpaired) electrons. The average Bonchev–Trinajstić information content (AvgIpc) is 2.70. The van der Waals surface area contributed by atoms with Crippen LogP contribution in [0.15, 0.2) is 36.7 Å². The SMILES string of the molecule is O=S(=O)(Nc1c(F)cc(Br)cc1F)c1sccc1Br. The predicted octanol–water partition coefficient (Wildman–Crippen LogP) is 4.35. The highest BCUT2D eigenvalue weighted by Crippen LogP contribution is 2.31. The summed E-state index contributed by atoms with van der Waals surface area (Å²) in [5, 5.41) is 1.55. The Hall–Kier alpha value is -0.510. The molecule has 1 heterocycles. The van der Waals surface area contributed by atoms with Gasteiger partial charge in [0.25, 0.3) is 10.0 Å². The molecule has 0 aliphatic rings. The van der Waals surface area contributed by atoms with Gasteiger partial charge in [-0.25, -0.2) is 17.2 Å². The molecule has 1 aromatic heterocycles. The van der Waals surface area contributed by atoms with Crippen LogP contribution in [-0.2, 0) is 10.0 Å². The lowest BCUT2D eigenvalue weighted by atomic mass is 10.3. The van der Waals surface area contributed by atoms with Crippen LogP contribution in [0, 0.1) is 11.6 Å². The molecule has 2 aromatic rings. The van der Waals surface area contributed by atoms with E-state index in [2.05, 4.69) is 31.9 Å². The summed E-state index contributed by atoms with van der Waals surface area (Å²) in [7, 11) is -4.03. The van der Waals surface area contributed by atoms with E-state index in [-0.39, 0.29) is 8.68 Å². The second-order valence-corrected chi connectivity index (χ2v) is 7.97. The second kappa shape index (κ2) is 5.47. The number of benzene rings is 1. The van der Waals surface area contributed by atoms with Crippen molar-refractivity contribution in [1.82, 2.24) is 0 Å². The van der Waals surface area contributed by atoms with Crippen LogP contribution >= 0.6 is 43.2 Å². The fourth-order valence-electron chi connectivity index (χ4n) is 1.29. The van der Waals surface area contributed by atoms with Gasteiger partial charge in [-0.15, -0.1) is 11.3 Å². The van der Waals surface area contributed by atoms with E-state index in [9.17, 15) is 17.2 Å². The summed E-state index contributed by atoms with van der Waals surface area (Å²) in [6, 6.07) is 3.49. The third kappa shape index (κ3) is 3.15. The summed E-state index contributed by atoms with van der Waals surface area (Å²) in [6.45, 7) is 0. The summed E-state index contributed by atoms with van der Waals surface area (Å²) < 4.78 is 53.5. The summed E-state index contributed by atoms with van der Waals surface area (Å²) in [4.78, 5) is 0. The number of hydrogen-bond donors (Lipinski definition) is 1. The van der Waals surface area contributed by atoms with Crippen LogP contribution in [0.4, 0.5) is 14.5 Å². The van der Waals surface area contributed by atoms with Crippen LogP contribution in [0.25, 0.3) is 0 Å². The van der Waals surface area contributed by atoms with E-state index in [1.807, 2.05) is 4.72 Å². The fraction of sp³-hybridized carbons (Fsp3) is 0. The molecule has 0 spiro atoms. The van der Waals surface area contributed by atoms with Gasteiger partial charge in [0, 0.05) is 8.95 Å².